The van der Waals surface area contributed by atoms with Crippen molar-refractivity contribution in [1.29, 1.82) is 0 Å². The van der Waals surface area contributed by atoms with Crippen molar-refractivity contribution in [3.63, 3.8) is 0 Å². The Bertz CT molecular complexity index is 128. The van der Waals surface area contributed by atoms with E-state index in [1.54, 1.807) is 0 Å². The van der Waals surface area contributed by atoms with Crippen LogP contribution in [0.25, 0.3) is 0 Å². The van der Waals surface area contributed by atoms with Crippen molar-refractivity contribution in [2.75, 3.05) is 26.7 Å². The number of rotatable bonds is 5. The first-order valence-corrected chi connectivity index (χ1v) is 4.86. The van der Waals surface area contributed by atoms with Crippen LogP contribution in [0.5, 0.6) is 0 Å². The zero-order valence-electron chi connectivity index (χ0n) is 8.05. The molecule has 1 saturated heterocycles. The monoisotopic (exact) mass is 168 g/mol. The summed E-state index contributed by atoms with van der Waals surface area (Å²) >= 11 is 0. The molecule has 1 unspecified atom stereocenters. The second-order valence-corrected chi connectivity index (χ2v) is 3.56. The highest BCUT2D eigenvalue weighted by molar-refractivity contribution is 4.79. The third-order valence-corrected chi connectivity index (χ3v) is 2.58. The van der Waals surface area contributed by atoms with E-state index in [9.17, 15) is 0 Å². The molecule has 0 spiro atoms. The summed E-state index contributed by atoms with van der Waals surface area (Å²) < 4.78 is 0. The van der Waals surface area contributed by atoms with Gasteiger partial charge in [0.1, 0.15) is 0 Å². The molecule has 12 heavy (non-hydrogen) atoms. The summed E-state index contributed by atoms with van der Waals surface area (Å²) in [6.45, 7) is 7.29. The maximum atomic E-state index is 3.72. The molecule has 1 aliphatic heterocycles. The van der Waals surface area contributed by atoms with Crippen molar-refractivity contribution in [3.05, 3.63) is 12.7 Å². The maximum absolute atomic E-state index is 3.72. The van der Waals surface area contributed by atoms with Gasteiger partial charge in [-0.15, -0.1) is 6.58 Å². The van der Waals surface area contributed by atoms with E-state index in [2.05, 4.69) is 23.8 Å². The van der Waals surface area contributed by atoms with Gasteiger partial charge in [-0.1, -0.05) is 6.08 Å². The van der Waals surface area contributed by atoms with Gasteiger partial charge in [0.25, 0.3) is 0 Å². The highest BCUT2D eigenvalue weighted by Crippen LogP contribution is 2.06. The predicted molar refractivity (Wildman–Crippen MR) is 53.3 cm³/mol. The second-order valence-electron chi connectivity index (χ2n) is 3.56. The lowest BCUT2D eigenvalue weighted by Crippen LogP contribution is -2.34. The number of unbranched alkanes of at least 4 members (excludes halogenated alkanes) is 1. The van der Waals surface area contributed by atoms with E-state index >= 15 is 0 Å². The van der Waals surface area contributed by atoms with Crippen LogP contribution in [-0.2, 0) is 0 Å². The lowest BCUT2D eigenvalue weighted by atomic mass is 10.2. The number of hydrogen-bond acceptors (Lipinski definition) is 2. The summed E-state index contributed by atoms with van der Waals surface area (Å²) in [7, 11) is 2.22. The fraction of sp³-hybridized carbons (Fsp3) is 0.800. The zero-order chi connectivity index (χ0) is 8.81. The van der Waals surface area contributed by atoms with Crippen molar-refractivity contribution in [2.24, 2.45) is 0 Å². The Hall–Kier alpha value is -0.340. The molecular formula is C10H20N2. The Labute approximate surface area is 75.6 Å². The third kappa shape index (κ3) is 2.95. The number of nitrogens with one attached hydrogen (secondary N) is 1. The average Bonchev–Trinajstić information content (AvgIpc) is 2.56. The van der Waals surface area contributed by atoms with E-state index in [1.807, 2.05) is 6.08 Å². The Morgan fingerprint density at radius 2 is 2.50 bits per heavy atom. The van der Waals surface area contributed by atoms with Crippen LogP contribution in [0.2, 0.25) is 0 Å². The van der Waals surface area contributed by atoms with Gasteiger partial charge in [0.15, 0.2) is 0 Å². The zero-order valence-corrected chi connectivity index (χ0v) is 8.05. The minimum atomic E-state index is 0.773. The van der Waals surface area contributed by atoms with Crippen molar-refractivity contribution >= 4 is 0 Å². The van der Waals surface area contributed by atoms with Gasteiger partial charge in [-0.3, -0.25) is 0 Å². The minimum absolute atomic E-state index is 0.773. The van der Waals surface area contributed by atoms with Gasteiger partial charge in [0.2, 0.25) is 0 Å². The summed E-state index contributed by atoms with van der Waals surface area (Å²) in [5, 5.41) is 3.38. The van der Waals surface area contributed by atoms with E-state index in [0.717, 1.165) is 12.5 Å². The van der Waals surface area contributed by atoms with Crippen LogP contribution < -0.4 is 5.32 Å². The molecule has 1 aliphatic rings. The van der Waals surface area contributed by atoms with Crippen molar-refractivity contribution < 1.29 is 0 Å². The molecule has 0 saturated carbocycles. The number of nitrogens with zero attached hydrogens (tertiary/aromatic N) is 1. The first-order valence-electron chi connectivity index (χ1n) is 4.86. The molecule has 1 fully saturated rings. The first-order chi connectivity index (χ1) is 5.84. The molecule has 0 aromatic carbocycles. The predicted octanol–water partition coefficient (Wildman–Crippen LogP) is 1.25. The van der Waals surface area contributed by atoms with Gasteiger partial charge in [-0.2, -0.15) is 0 Å². The van der Waals surface area contributed by atoms with Gasteiger partial charge in [0.05, 0.1) is 0 Å². The smallest absolute Gasteiger partial charge is 0.0229 e. The van der Waals surface area contributed by atoms with Crippen LogP contribution in [0.15, 0.2) is 12.7 Å². The molecule has 0 bridgehead atoms. The molecule has 1 N–H and O–H groups in total. The molecule has 2 nitrogen and oxygen atoms in total. The molecule has 1 heterocycles. The highest BCUT2D eigenvalue weighted by Gasteiger charge is 2.17. The SMILES string of the molecule is C=CCCCN(C)C1CCNC1. The molecule has 0 amide bonds. The van der Waals surface area contributed by atoms with E-state index in [0.29, 0.717) is 0 Å². The Kier molecular flexibility index (Phi) is 4.33. The van der Waals surface area contributed by atoms with Crippen molar-refractivity contribution in [1.82, 2.24) is 10.2 Å². The van der Waals surface area contributed by atoms with E-state index in [1.165, 1.54) is 32.5 Å². The van der Waals surface area contributed by atoms with Crippen LogP contribution in [0.1, 0.15) is 19.3 Å². The van der Waals surface area contributed by atoms with Gasteiger partial charge >= 0.3 is 0 Å². The maximum Gasteiger partial charge on any atom is 0.0229 e. The molecule has 0 aliphatic carbocycles. The van der Waals surface area contributed by atoms with Crippen LogP contribution >= 0.6 is 0 Å². The molecule has 70 valence electrons. The fourth-order valence-electron chi connectivity index (χ4n) is 1.68. The third-order valence-electron chi connectivity index (χ3n) is 2.58. The van der Waals surface area contributed by atoms with E-state index < -0.39 is 0 Å². The molecular weight excluding hydrogens is 148 g/mol. The second kappa shape index (κ2) is 5.33. The van der Waals surface area contributed by atoms with E-state index in [-0.39, 0.29) is 0 Å². The lowest BCUT2D eigenvalue weighted by Gasteiger charge is -2.22. The minimum Gasteiger partial charge on any atom is -0.315 e. The molecule has 0 aromatic heterocycles. The number of hydrogen-bond donors (Lipinski definition) is 1. The number of allylic oxidation sites excluding steroid dienone is 1. The topological polar surface area (TPSA) is 15.3 Å². The molecule has 1 rings (SSSR count). The highest BCUT2D eigenvalue weighted by atomic mass is 15.2. The Morgan fingerprint density at radius 3 is 3.08 bits per heavy atom. The molecule has 1 atom stereocenters. The normalized spacial score (nSPS) is 23.3. The van der Waals surface area contributed by atoms with Crippen molar-refractivity contribution in [3.8, 4) is 0 Å². The van der Waals surface area contributed by atoms with Crippen molar-refractivity contribution in [2.45, 2.75) is 25.3 Å². The van der Waals surface area contributed by atoms with Crippen LogP contribution in [0.4, 0.5) is 0 Å². The molecule has 0 aromatic rings. The molecule has 0 radical (unpaired) electrons. The number of likely N-dealkylation sites (N-methyl/N-ethyl adjacent to an activating group) is 1. The summed E-state index contributed by atoms with van der Waals surface area (Å²) in [4.78, 5) is 2.46. The largest absolute Gasteiger partial charge is 0.315 e. The van der Waals surface area contributed by atoms with Crippen LogP contribution in [-0.4, -0.2) is 37.6 Å². The van der Waals surface area contributed by atoms with E-state index in [4.69, 9.17) is 0 Å². The van der Waals surface area contributed by atoms with Gasteiger partial charge in [-0.05, 0) is 39.4 Å². The summed E-state index contributed by atoms with van der Waals surface area (Å²) in [5.41, 5.74) is 0. The Balaban J connectivity index is 2.09. The van der Waals surface area contributed by atoms with Crippen LogP contribution in [0, 0.1) is 0 Å². The Morgan fingerprint density at radius 1 is 1.67 bits per heavy atom. The summed E-state index contributed by atoms with van der Waals surface area (Å²) in [6.07, 6.45) is 5.70. The summed E-state index contributed by atoms with van der Waals surface area (Å²) in [5.74, 6) is 0. The summed E-state index contributed by atoms with van der Waals surface area (Å²) in [6, 6.07) is 0.773. The van der Waals surface area contributed by atoms with Crippen LogP contribution in [0.3, 0.4) is 0 Å². The average molecular weight is 168 g/mol. The van der Waals surface area contributed by atoms with Gasteiger partial charge in [-0.25, -0.2) is 0 Å². The molecule has 2 heteroatoms. The van der Waals surface area contributed by atoms with Gasteiger partial charge < -0.3 is 10.2 Å². The first kappa shape index (κ1) is 9.75. The quantitative estimate of drug-likeness (QED) is 0.491. The fourth-order valence-corrected chi connectivity index (χ4v) is 1.68. The standard InChI is InChI=1S/C10H20N2/c1-3-4-5-8-12(2)10-6-7-11-9-10/h3,10-11H,1,4-9H2,2H3. The lowest BCUT2D eigenvalue weighted by molar-refractivity contribution is 0.255. The van der Waals surface area contributed by atoms with Gasteiger partial charge in [0, 0.05) is 12.6 Å².